The number of rotatable bonds is 7. The molecule has 0 atom stereocenters. The largest absolute Gasteiger partial charge is 0.489 e. The fourth-order valence-corrected chi connectivity index (χ4v) is 4.24. The summed E-state index contributed by atoms with van der Waals surface area (Å²) in [6, 6.07) is 13.6. The van der Waals surface area contributed by atoms with Gasteiger partial charge in [0.15, 0.2) is 11.6 Å². The van der Waals surface area contributed by atoms with Gasteiger partial charge in [-0.1, -0.05) is 37.3 Å². The van der Waals surface area contributed by atoms with Crippen LogP contribution in [0.15, 0.2) is 72.3 Å². The predicted molar refractivity (Wildman–Crippen MR) is 139 cm³/mol. The first-order valence-corrected chi connectivity index (χ1v) is 12.4. The number of ketones is 2. The molecule has 0 amide bonds. The molecule has 0 saturated heterocycles. The average Bonchev–Trinajstić information content (AvgIpc) is 2.91. The van der Waals surface area contributed by atoms with Crippen LogP contribution in [0, 0.1) is 0 Å². The molecular formula is C31H24F6O3. The van der Waals surface area contributed by atoms with Crippen molar-refractivity contribution in [1.82, 2.24) is 0 Å². The average molecular weight is 559 g/mol. The third-order valence-electron chi connectivity index (χ3n) is 6.42. The zero-order chi connectivity index (χ0) is 29.1. The molecule has 3 aromatic rings. The number of carbonyl (C=O) groups is 2. The molecule has 0 radical (unpaired) electrons. The Morgan fingerprint density at radius 1 is 0.850 bits per heavy atom. The Bertz CT molecular complexity index is 1450. The molecule has 0 aliphatic heterocycles. The molecule has 0 unspecified atom stereocenters. The van der Waals surface area contributed by atoms with Crippen molar-refractivity contribution in [2.75, 3.05) is 0 Å². The van der Waals surface area contributed by atoms with Crippen LogP contribution in [-0.2, 0) is 30.2 Å². The van der Waals surface area contributed by atoms with Crippen LogP contribution >= 0.6 is 0 Å². The van der Waals surface area contributed by atoms with Crippen LogP contribution in [0.3, 0.4) is 0 Å². The molecule has 0 fully saturated rings. The number of hydrogen-bond acceptors (Lipinski definition) is 3. The number of benzene rings is 3. The van der Waals surface area contributed by atoms with Crippen LogP contribution in [0.25, 0.3) is 12.2 Å². The van der Waals surface area contributed by atoms with Crippen molar-refractivity contribution in [3.63, 3.8) is 0 Å². The zero-order valence-corrected chi connectivity index (χ0v) is 21.3. The van der Waals surface area contributed by atoms with E-state index in [2.05, 4.69) is 0 Å². The molecule has 0 spiro atoms. The minimum absolute atomic E-state index is 0.0344. The van der Waals surface area contributed by atoms with E-state index in [0.717, 1.165) is 17.2 Å². The SMILES string of the molecule is CCC(=O)/C=C/c1ccc(COc2ccc3c(c2)CC/C(=C\c2cc(C(F)(F)F)cc(C(F)(F)F)c2)C3=O)cc1. The number of hydrogen-bond donors (Lipinski definition) is 0. The number of alkyl halides is 6. The second kappa shape index (κ2) is 11.5. The first kappa shape index (κ1) is 28.9. The van der Waals surface area contributed by atoms with Gasteiger partial charge in [0.2, 0.25) is 0 Å². The van der Waals surface area contributed by atoms with E-state index < -0.39 is 29.3 Å². The monoisotopic (exact) mass is 558 g/mol. The number of carbonyl (C=O) groups excluding carboxylic acids is 2. The predicted octanol–water partition coefficient (Wildman–Crippen LogP) is 8.51. The number of aryl methyl sites for hydroxylation is 1. The van der Waals surface area contributed by atoms with Crippen molar-refractivity contribution in [1.29, 1.82) is 0 Å². The molecule has 1 aliphatic carbocycles. The van der Waals surface area contributed by atoms with E-state index >= 15 is 0 Å². The quantitative estimate of drug-likeness (QED) is 0.216. The molecule has 3 nitrogen and oxygen atoms in total. The minimum Gasteiger partial charge on any atom is -0.489 e. The molecule has 4 rings (SSSR count). The van der Waals surface area contributed by atoms with Crippen molar-refractivity contribution >= 4 is 23.7 Å². The van der Waals surface area contributed by atoms with E-state index in [0.29, 0.717) is 41.9 Å². The highest BCUT2D eigenvalue weighted by Gasteiger charge is 2.37. The lowest BCUT2D eigenvalue weighted by atomic mass is 9.85. The summed E-state index contributed by atoms with van der Waals surface area (Å²) in [6.45, 7) is 2.04. The normalized spacial score (nSPS) is 15.0. The summed E-state index contributed by atoms with van der Waals surface area (Å²) >= 11 is 0. The Morgan fingerprint density at radius 2 is 1.50 bits per heavy atom. The van der Waals surface area contributed by atoms with Crippen molar-refractivity contribution < 1.29 is 40.7 Å². The lowest BCUT2D eigenvalue weighted by molar-refractivity contribution is -0.143. The molecule has 0 saturated carbocycles. The summed E-state index contributed by atoms with van der Waals surface area (Å²) in [5.74, 6) is 0.0975. The minimum atomic E-state index is -4.97. The van der Waals surface area contributed by atoms with Crippen molar-refractivity contribution in [2.24, 2.45) is 0 Å². The third kappa shape index (κ3) is 7.08. The van der Waals surface area contributed by atoms with Gasteiger partial charge in [0.25, 0.3) is 0 Å². The lowest BCUT2D eigenvalue weighted by Gasteiger charge is -2.19. The fraction of sp³-hybridized carbons (Fsp3) is 0.226. The maximum absolute atomic E-state index is 13.2. The fourth-order valence-electron chi connectivity index (χ4n) is 4.24. The molecule has 0 aromatic heterocycles. The second-order valence-electron chi connectivity index (χ2n) is 9.34. The van der Waals surface area contributed by atoms with E-state index in [1.54, 1.807) is 31.2 Å². The molecule has 0 N–H and O–H groups in total. The van der Waals surface area contributed by atoms with E-state index in [4.69, 9.17) is 4.74 Å². The molecule has 40 heavy (non-hydrogen) atoms. The maximum Gasteiger partial charge on any atom is 0.416 e. The van der Waals surface area contributed by atoms with Crippen LogP contribution in [0.4, 0.5) is 26.3 Å². The van der Waals surface area contributed by atoms with Crippen LogP contribution in [0.5, 0.6) is 5.75 Å². The van der Waals surface area contributed by atoms with Gasteiger partial charge < -0.3 is 4.74 Å². The Kier molecular flexibility index (Phi) is 8.32. The topological polar surface area (TPSA) is 43.4 Å². The summed E-state index contributed by atoms with van der Waals surface area (Å²) in [4.78, 5) is 24.5. The van der Waals surface area contributed by atoms with Gasteiger partial charge >= 0.3 is 12.4 Å². The number of ether oxygens (including phenoxy) is 1. The summed E-state index contributed by atoms with van der Waals surface area (Å²) in [5, 5.41) is 0. The van der Waals surface area contributed by atoms with E-state index in [9.17, 15) is 35.9 Å². The van der Waals surface area contributed by atoms with Gasteiger partial charge in [-0.15, -0.1) is 0 Å². The third-order valence-corrected chi connectivity index (χ3v) is 6.42. The van der Waals surface area contributed by atoms with Gasteiger partial charge in [0.1, 0.15) is 12.4 Å². The standard InChI is InChI=1S/C31H24F6O3/c1-2-26(38)10-7-19-3-5-20(6-4-19)18-40-27-11-12-28-22(16-27)8-9-23(29(28)39)13-21-14-24(30(32,33)34)17-25(15-21)31(35,36)37/h3-7,10-17H,2,8-9,18H2,1H3/b10-7+,23-13+. The smallest absolute Gasteiger partial charge is 0.416 e. The summed E-state index contributed by atoms with van der Waals surface area (Å²) < 4.78 is 85.1. The van der Waals surface area contributed by atoms with Gasteiger partial charge in [-0.2, -0.15) is 26.3 Å². The van der Waals surface area contributed by atoms with E-state index in [-0.39, 0.29) is 36.0 Å². The van der Waals surface area contributed by atoms with Gasteiger partial charge in [-0.05, 0) is 83.6 Å². The number of fused-ring (bicyclic) bond motifs is 1. The van der Waals surface area contributed by atoms with Gasteiger partial charge in [0.05, 0.1) is 11.1 Å². The van der Waals surface area contributed by atoms with Crippen LogP contribution in [-0.4, -0.2) is 11.6 Å². The molecule has 0 bridgehead atoms. The highest BCUT2D eigenvalue weighted by molar-refractivity contribution is 6.13. The molecule has 3 aromatic carbocycles. The number of halogens is 6. The lowest BCUT2D eigenvalue weighted by Crippen LogP contribution is -2.15. The van der Waals surface area contributed by atoms with E-state index in [1.165, 1.54) is 6.08 Å². The molecule has 0 heterocycles. The van der Waals surface area contributed by atoms with Gasteiger partial charge in [-0.25, -0.2) is 0 Å². The molecule has 1 aliphatic rings. The Morgan fingerprint density at radius 3 is 2.10 bits per heavy atom. The summed E-state index contributed by atoms with van der Waals surface area (Å²) in [7, 11) is 0. The second-order valence-corrected chi connectivity index (χ2v) is 9.34. The maximum atomic E-state index is 13.2. The zero-order valence-electron chi connectivity index (χ0n) is 21.3. The highest BCUT2D eigenvalue weighted by atomic mass is 19.4. The number of allylic oxidation sites excluding steroid dienone is 2. The van der Waals surface area contributed by atoms with Crippen LogP contribution < -0.4 is 4.74 Å². The first-order valence-electron chi connectivity index (χ1n) is 12.4. The molecule has 208 valence electrons. The van der Waals surface area contributed by atoms with Gasteiger partial charge in [-0.3, -0.25) is 9.59 Å². The van der Waals surface area contributed by atoms with Crippen molar-refractivity contribution in [3.05, 3.63) is 111 Å². The Hall–Kier alpha value is -4.14. The van der Waals surface area contributed by atoms with Crippen molar-refractivity contribution in [2.45, 2.75) is 45.1 Å². The number of Topliss-reactive ketones (excluding diaryl/α,β-unsaturated/α-hetero) is 1. The Labute approximate surface area is 226 Å². The Balaban J connectivity index is 1.48. The van der Waals surface area contributed by atoms with Crippen molar-refractivity contribution in [3.8, 4) is 5.75 Å². The van der Waals surface area contributed by atoms with Crippen LogP contribution in [0.1, 0.15) is 63.5 Å². The summed E-state index contributed by atoms with van der Waals surface area (Å²) in [5.41, 5.74) is -0.310. The van der Waals surface area contributed by atoms with E-state index in [1.807, 2.05) is 24.3 Å². The molecule has 9 heteroatoms. The highest BCUT2D eigenvalue weighted by Crippen LogP contribution is 2.37. The first-order chi connectivity index (χ1) is 18.8. The molecular weight excluding hydrogens is 534 g/mol. The summed E-state index contributed by atoms with van der Waals surface area (Å²) in [6.07, 6.45) is -4.62. The van der Waals surface area contributed by atoms with Gasteiger partial charge in [0, 0.05) is 17.6 Å². The van der Waals surface area contributed by atoms with Crippen LogP contribution in [0.2, 0.25) is 0 Å².